The quantitative estimate of drug-likeness (QED) is 0.315. The van der Waals surface area contributed by atoms with Crippen LogP contribution in [0.4, 0.5) is 0 Å². The molecule has 0 aliphatic carbocycles. The first-order valence-corrected chi connectivity index (χ1v) is 11.5. The van der Waals surface area contributed by atoms with Crippen molar-refractivity contribution in [2.45, 2.75) is 33.5 Å². The largest absolute Gasteiger partial charge is 0.468 e. The summed E-state index contributed by atoms with van der Waals surface area (Å²) < 4.78 is 30.6. The molecule has 0 N–H and O–H groups in total. The predicted molar refractivity (Wildman–Crippen MR) is 109 cm³/mol. The highest BCUT2D eigenvalue weighted by atomic mass is 79.9. The molecule has 1 aliphatic heterocycles. The summed E-state index contributed by atoms with van der Waals surface area (Å²) in [4.78, 5) is 27.0. The van der Waals surface area contributed by atoms with E-state index in [1.54, 1.807) is 38.1 Å². The Morgan fingerprint density at radius 1 is 1.25 bits per heavy atom. The van der Waals surface area contributed by atoms with E-state index >= 15 is 0 Å². The summed E-state index contributed by atoms with van der Waals surface area (Å²) in [6.07, 6.45) is 0. The molecule has 2 atom stereocenters. The molecule has 1 aliphatic rings. The lowest BCUT2D eigenvalue weighted by atomic mass is 9.82. The Morgan fingerprint density at radius 3 is 2.25 bits per heavy atom. The minimum atomic E-state index is -3.74. The molecule has 0 aromatic heterocycles. The maximum absolute atomic E-state index is 13.7. The molecule has 1 heterocycles. The van der Waals surface area contributed by atoms with Gasteiger partial charge in [-0.25, -0.2) is 0 Å². The van der Waals surface area contributed by atoms with E-state index in [2.05, 4.69) is 15.9 Å². The van der Waals surface area contributed by atoms with Crippen molar-refractivity contribution in [1.29, 1.82) is 0 Å². The van der Waals surface area contributed by atoms with Gasteiger partial charge in [-0.15, -0.1) is 0 Å². The number of amides is 1. The smallest absolute Gasteiger partial charge is 0.357 e. The van der Waals surface area contributed by atoms with Gasteiger partial charge in [-0.3, -0.25) is 14.2 Å². The van der Waals surface area contributed by atoms with E-state index in [1.165, 1.54) is 12.0 Å². The van der Waals surface area contributed by atoms with E-state index in [0.29, 0.717) is 5.56 Å². The van der Waals surface area contributed by atoms with Crippen LogP contribution < -0.4 is 0 Å². The molecule has 0 spiro atoms. The molecule has 2 rings (SSSR count). The Bertz CT molecular complexity index is 756. The summed E-state index contributed by atoms with van der Waals surface area (Å²) >= 11 is 3.38. The predicted octanol–water partition coefficient (Wildman–Crippen LogP) is 4.37. The lowest BCUT2D eigenvalue weighted by Gasteiger charge is -2.34. The van der Waals surface area contributed by atoms with Gasteiger partial charge in [0.05, 0.1) is 20.3 Å². The average molecular weight is 476 g/mol. The first-order valence-electron chi connectivity index (χ1n) is 9.13. The van der Waals surface area contributed by atoms with Crippen LogP contribution in [0.5, 0.6) is 0 Å². The Kier molecular flexibility index (Phi) is 7.48. The van der Waals surface area contributed by atoms with Crippen LogP contribution in [0, 0.1) is 11.3 Å². The Hall–Kier alpha value is -1.21. The number of halogens is 1. The zero-order valence-electron chi connectivity index (χ0n) is 16.8. The average Bonchev–Trinajstić information content (AvgIpc) is 2.85. The lowest BCUT2D eigenvalue weighted by Crippen LogP contribution is -2.35. The molecule has 0 radical (unpaired) electrons. The van der Waals surface area contributed by atoms with Crippen LogP contribution in [-0.2, 0) is 27.9 Å². The number of esters is 1. The van der Waals surface area contributed by atoms with Gasteiger partial charge in [0.1, 0.15) is 5.92 Å². The molecular weight excluding hydrogens is 449 g/mol. The Labute approximate surface area is 174 Å². The fraction of sp³-hybridized carbons (Fsp3) is 0.579. The molecule has 1 aromatic rings. The second-order valence-electron chi connectivity index (χ2n) is 7.21. The number of benzene rings is 1. The molecule has 0 saturated carbocycles. The van der Waals surface area contributed by atoms with Crippen LogP contribution in [0.1, 0.15) is 39.0 Å². The SMILES string of the molecule is CCOP(=O)(OCC)C(c1ccc(Br)cc1)N1CC(C)(C)C(C(=O)OC)C1=O. The van der Waals surface area contributed by atoms with Crippen molar-refractivity contribution in [3.8, 4) is 0 Å². The van der Waals surface area contributed by atoms with Gasteiger partial charge in [0.2, 0.25) is 5.91 Å². The van der Waals surface area contributed by atoms with E-state index in [1.807, 2.05) is 13.8 Å². The van der Waals surface area contributed by atoms with E-state index in [0.717, 1.165) is 4.47 Å². The normalized spacial score (nSPS) is 20.3. The minimum Gasteiger partial charge on any atom is -0.468 e. The zero-order valence-corrected chi connectivity index (χ0v) is 19.3. The maximum atomic E-state index is 13.7. The van der Waals surface area contributed by atoms with Crippen LogP contribution >= 0.6 is 23.5 Å². The fourth-order valence-corrected chi connectivity index (χ4v) is 5.97. The standard InChI is InChI=1S/C19H27BrNO6P/c1-6-26-28(24,27-7-2)17(13-8-10-14(20)11-9-13)21-12-19(3,4)15(16(21)22)18(23)25-5/h8-11,15,17H,6-7,12H2,1-5H3. The first-order chi connectivity index (χ1) is 13.1. The van der Waals surface area contributed by atoms with Crippen molar-refractivity contribution in [3.05, 3.63) is 34.3 Å². The van der Waals surface area contributed by atoms with E-state index in [9.17, 15) is 14.2 Å². The first kappa shape index (κ1) is 23.1. The second kappa shape index (κ2) is 9.08. The molecule has 1 aromatic carbocycles. The molecule has 2 unspecified atom stereocenters. The van der Waals surface area contributed by atoms with Gasteiger partial charge in [-0.05, 0) is 31.5 Å². The number of carbonyl (C=O) groups is 2. The Morgan fingerprint density at radius 2 is 1.79 bits per heavy atom. The molecule has 0 bridgehead atoms. The molecule has 28 heavy (non-hydrogen) atoms. The summed E-state index contributed by atoms with van der Waals surface area (Å²) in [6, 6.07) is 7.14. The molecule has 1 amide bonds. The summed E-state index contributed by atoms with van der Waals surface area (Å²) in [6.45, 7) is 7.62. The maximum Gasteiger partial charge on any atom is 0.357 e. The number of methoxy groups -OCH3 is 1. The molecule has 9 heteroatoms. The lowest BCUT2D eigenvalue weighted by molar-refractivity contribution is -0.153. The van der Waals surface area contributed by atoms with Crippen LogP contribution in [0.2, 0.25) is 0 Å². The summed E-state index contributed by atoms with van der Waals surface area (Å²) in [5.74, 6) is -2.98. The van der Waals surface area contributed by atoms with Crippen LogP contribution in [-0.4, -0.2) is 43.6 Å². The van der Waals surface area contributed by atoms with Crippen molar-refractivity contribution in [2.75, 3.05) is 26.9 Å². The van der Waals surface area contributed by atoms with E-state index < -0.39 is 36.6 Å². The van der Waals surface area contributed by atoms with Gasteiger partial charge in [0, 0.05) is 16.4 Å². The van der Waals surface area contributed by atoms with Crippen molar-refractivity contribution in [3.63, 3.8) is 0 Å². The number of nitrogens with zero attached hydrogens (tertiary/aromatic N) is 1. The van der Waals surface area contributed by atoms with Crippen molar-refractivity contribution >= 4 is 35.4 Å². The van der Waals surface area contributed by atoms with Crippen molar-refractivity contribution < 1.29 is 27.9 Å². The van der Waals surface area contributed by atoms with Crippen LogP contribution in [0.15, 0.2) is 28.7 Å². The van der Waals surface area contributed by atoms with Crippen molar-refractivity contribution in [1.82, 2.24) is 4.90 Å². The molecular formula is C19H27BrNO6P. The molecule has 1 fully saturated rings. The monoisotopic (exact) mass is 475 g/mol. The van der Waals surface area contributed by atoms with Gasteiger partial charge in [-0.1, -0.05) is 41.9 Å². The second-order valence-corrected chi connectivity index (χ2v) is 10.2. The third-order valence-corrected chi connectivity index (χ3v) is 7.65. The third kappa shape index (κ3) is 4.51. The summed E-state index contributed by atoms with van der Waals surface area (Å²) in [5, 5.41) is 0. The summed E-state index contributed by atoms with van der Waals surface area (Å²) in [7, 11) is -2.48. The highest BCUT2D eigenvalue weighted by molar-refractivity contribution is 9.10. The van der Waals surface area contributed by atoms with E-state index in [-0.39, 0.29) is 19.8 Å². The minimum absolute atomic E-state index is 0.163. The summed E-state index contributed by atoms with van der Waals surface area (Å²) in [5.41, 5.74) is -0.0794. The Balaban J connectivity index is 2.59. The molecule has 156 valence electrons. The zero-order chi connectivity index (χ0) is 21.1. The van der Waals surface area contributed by atoms with Gasteiger partial charge in [-0.2, -0.15) is 0 Å². The number of hydrogen-bond donors (Lipinski definition) is 0. The molecule has 1 saturated heterocycles. The number of carbonyl (C=O) groups excluding carboxylic acids is 2. The highest BCUT2D eigenvalue weighted by Crippen LogP contribution is 2.64. The molecule has 7 nitrogen and oxygen atoms in total. The van der Waals surface area contributed by atoms with Gasteiger partial charge < -0.3 is 18.7 Å². The topological polar surface area (TPSA) is 82.1 Å². The van der Waals surface area contributed by atoms with Gasteiger partial charge in [0.25, 0.3) is 0 Å². The number of hydrogen-bond acceptors (Lipinski definition) is 6. The van der Waals surface area contributed by atoms with Gasteiger partial charge >= 0.3 is 13.6 Å². The fourth-order valence-electron chi connectivity index (χ4n) is 3.56. The van der Waals surface area contributed by atoms with Crippen molar-refractivity contribution in [2.24, 2.45) is 11.3 Å². The number of ether oxygens (including phenoxy) is 1. The van der Waals surface area contributed by atoms with Crippen LogP contribution in [0.3, 0.4) is 0 Å². The van der Waals surface area contributed by atoms with Crippen LogP contribution in [0.25, 0.3) is 0 Å². The number of rotatable bonds is 8. The highest BCUT2D eigenvalue weighted by Gasteiger charge is 2.56. The van der Waals surface area contributed by atoms with E-state index in [4.69, 9.17) is 13.8 Å². The number of likely N-dealkylation sites (tertiary alicyclic amines) is 1. The van der Waals surface area contributed by atoms with Gasteiger partial charge in [0.15, 0.2) is 5.78 Å². The third-order valence-electron chi connectivity index (χ3n) is 4.71.